The first-order valence-corrected chi connectivity index (χ1v) is 10.00. The van der Waals surface area contributed by atoms with Crippen LogP contribution in [0.1, 0.15) is 12.5 Å². The molecule has 0 bridgehead atoms. The fourth-order valence-corrected chi connectivity index (χ4v) is 3.42. The van der Waals surface area contributed by atoms with E-state index in [0.717, 1.165) is 22.7 Å². The first-order chi connectivity index (χ1) is 13.0. The van der Waals surface area contributed by atoms with Crippen molar-refractivity contribution < 1.29 is 13.2 Å². The Morgan fingerprint density at radius 1 is 0.926 bits per heavy atom. The fraction of sp³-hybridized carbons (Fsp3) is 0.150. The van der Waals surface area contributed by atoms with Crippen LogP contribution in [0.5, 0.6) is 5.75 Å². The lowest BCUT2D eigenvalue weighted by molar-refractivity contribution is 0.340. The largest absolute Gasteiger partial charge is 0.494 e. The molecule has 0 fully saturated rings. The molecule has 0 saturated carbocycles. The van der Waals surface area contributed by atoms with Crippen LogP contribution >= 0.6 is 0 Å². The zero-order valence-electron chi connectivity index (χ0n) is 15.1. The van der Waals surface area contributed by atoms with Gasteiger partial charge in [0.25, 0.3) is 10.0 Å². The lowest BCUT2D eigenvalue weighted by Crippen LogP contribution is -2.13. The van der Waals surface area contributed by atoms with Gasteiger partial charge in [-0.3, -0.25) is 4.72 Å². The van der Waals surface area contributed by atoms with Crippen molar-refractivity contribution >= 4 is 27.2 Å². The third kappa shape index (κ3) is 4.98. The zero-order valence-corrected chi connectivity index (χ0v) is 16.0. The molecule has 0 aliphatic carbocycles. The fourth-order valence-electron chi connectivity index (χ4n) is 2.41. The molecule has 0 spiro atoms. The Balaban J connectivity index is 1.67. The number of aromatic nitrogens is 1. The maximum absolute atomic E-state index is 12.4. The van der Waals surface area contributed by atoms with Crippen LogP contribution in [-0.4, -0.2) is 20.0 Å². The van der Waals surface area contributed by atoms with Gasteiger partial charge >= 0.3 is 0 Å². The lowest BCUT2D eigenvalue weighted by Gasteiger charge is -2.10. The summed E-state index contributed by atoms with van der Waals surface area (Å²) in [6.45, 7) is 4.46. The third-order valence-corrected chi connectivity index (χ3v) is 5.16. The summed E-state index contributed by atoms with van der Waals surface area (Å²) >= 11 is 0. The maximum Gasteiger partial charge on any atom is 0.263 e. The Morgan fingerprint density at radius 3 is 2.19 bits per heavy atom. The minimum Gasteiger partial charge on any atom is -0.494 e. The average Bonchev–Trinajstić information content (AvgIpc) is 2.65. The number of nitrogens with zero attached hydrogens (tertiary/aromatic N) is 1. The molecule has 3 rings (SSSR count). The van der Waals surface area contributed by atoms with E-state index in [4.69, 9.17) is 4.74 Å². The Hall–Kier alpha value is -3.06. The summed E-state index contributed by atoms with van der Waals surface area (Å²) in [4.78, 5) is 4.37. The molecule has 1 heterocycles. The number of nitrogens with one attached hydrogen (secondary N) is 2. The molecule has 0 radical (unpaired) electrons. The van der Waals surface area contributed by atoms with E-state index in [1.165, 1.54) is 0 Å². The van der Waals surface area contributed by atoms with Gasteiger partial charge in [0.05, 0.1) is 23.4 Å². The average molecular weight is 383 g/mol. The molecule has 0 aliphatic heterocycles. The molecule has 3 aromatic rings. The second kappa shape index (κ2) is 8.09. The van der Waals surface area contributed by atoms with Crippen molar-refractivity contribution in [1.82, 2.24) is 4.98 Å². The van der Waals surface area contributed by atoms with E-state index in [2.05, 4.69) is 15.0 Å². The topological polar surface area (TPSA) is 80.3 Å². The molecule has 2 aromatic carbocycles. The quantitative estimate of drug-likeness (QED) is 0.635. The molecule has 6 nitrogen and oxygen atoms in total. The first kappa shape index (κ1) is 18.7. The van der Waals surface area contributed by atoms with Crippen molar-refractivity contribution in [3.8, 4) is 5.75 Å². The van der Waals surface area contributed by atoms with Gasteiger partial charge in [0.2, 0.25) is 0 Å². The summed E-state index contributed by atoms with van der Waals surface area (Å²) in [7, 11) is -3.66. The standard InChI is InChI=1S/C20H21N3O3S/c1-3-26-18-9-6-16(7-10-18)22-17-8-13-20(21-14-17)23-27(24,25)19-11-4-15(2)5-12-19/h4-14,22H,3H2,1-2H3,(H,21,23). The van der Waals surface area contributed by atoms with Gasteiger partial charge in [-0.25, -0.2) is 13.4 Å². The highest BCUT2D eigenvalue weighted by molar-refractivity contribution is 7.92. The molecule has 0 unspecified atom stereocenters. The summed E-state index contributed by atoms with van der Waals surface area (Å²) in [5.41, 5.74) is 2.63. The molecule has 0 amide bonds. The van der Waals surface area contributed by atoms with Crippen LogP contribution in [0.2, 0.25) is 0 Å². The van der Waals surface area contributed by atoms with Crippen LogP contribution in [0.15, 0.2) is 71.8 Å². The maximum atomic E-state index is 12.4. The summed E-state index contributed by atoms with van der Waals surface area (Å²) in [6.07, 6.45) is 1.57. The highest BCUT2D eigenvalue weighted by atomic mass is 32.2. The molecule has 0 atom stereocenters. The minimum atomic E-state index is -3.66. The smallest absolute Gasteiger partial charge is 0.263 e. The predicted molar refractivity (Wildman–Crippen MR) is 107 cm³/mol. The second-order valence-corrected chi connectivity index (χ2v) is 7.62. The SMILES string of the molecule is CCOc1ccc(Nc2ccc(NS(=O)(=O)c3ccc(C)cc3)nc2)cc1. The van der Waals surface area contributed by atoms with Crippen LogP contribution < -0.4 is 14.8 Å². The summed E-state index contributed by atoms with van der Waals surface area (Å²) in [5.74, 6) is 1.06. The molecule has 1 aromatic heterocycles. The van der Waals surface area contributed by atoms with Gasteiger partial charge in [0.15, 0.2) is 0 Å². The van der Waals surface area contributed by atoms with Crippen LogP contribution in [0, 0.1) is 6.92 Å². The molecular weight excluding hydrogens is 362 g/mol. The van der Waals surface area contributed by atoms with Crippen molar-refractivity contribution in [3.05, 3.63) is 72.4 Å². The van der Waals surface area contributed by atoms with Crippen molar-refractivity contribution in [1.29, 1.82) is 0 Å². The molecular formula is C20H21N3O3S. The summed E-state index contributed by atoms with van der Waals surface area (Å²) in [6, 6.07) is 17.6. The normalized spacial score (nSPS) is 11.0. The van der Waals surface area contributed by atoms with Gasteiger partial charge in [-0.15, -0.1) is 0 Å². The minimum absolute atomic E-state index is 0.200. The van der Waals surface area contributed by atoms with Crippen molar-refractivity contribution in [3.63, 3.8) is 0 Å². The van der Waals surface area contributed by atoms with Gasteiger partial charge in [0, 0.05) is 5.69 Å². The Morgan fingerprint density at radius 2 is 1.59 bits per heavy atom. The first-order valence-electron chi connectivity index (χ1n) is 8.52. The molecule has 0 saturated heterocycles. The van der Waals surface area contributed by atoms with Crippen molar-refractivity contribution in [2.75, 3.05) is 16.6 Å². The number of hydrogen-bond acceptors (Lipinski definition) is 5. The van der Waals surface area contributed by atoms with Crippen molar-refractivity contribution in [2.45, 2.75) is 18.7 Å². The van der Waals surface area contributed by atoms with Gasteiger partial charge in [-0.1, -0.05) is 17.7 Å². The molecule has 2 N–H and O–H groups in total. The van der Waals surface area contributed by atoms with E-state index in [-0.39, 0.29) is 10.7 Å². The second-order valence-electron chi connectivity index (χ2n) is 5.93. The number of aryl methyl sites for hydroxylation is 1. The van der Waals surface area contributed by atoms with E-state index in [1.807, 2.05) is 38.1 Å². The number of rotatable bonds is 7. The zero-order chi connectivity index (χ0) is 19.3. The lowest BCUT2D eigenvalue weighted by atomic mass is 10.2. The van der Waals surface area contributed by atoms with Gasteiger partial charge in [-0.05, 0) is 62.4 Å². The van der Waals surface area contributed by atoms with Crippen LogP contribution in [0.3, 0.4) is 0 Å². The highest BCUT2D eigenvalue weighted by Crippen LogP contribution is 2.21. The van der Waals surface area contributed by atoms with E-state index in [1.54, 1.807) is 42.6 Å². The van der Waals surface area contributed by atoms with Crippen LogP contribution in [0.25, 0.3) is 0 Å². The van der Waals surface area contributed by atoms with Gasteiger partial charge in [0.1, 0.15) is 11.6 Å². The summed E-state index contributed by atoms with van der Waals surface area (Å²) in [5, 5.41) is 3.21. The summed E-state index contributed by atoms with van der Waals surface area (Å²) < 4.78 is 32.7. The third-order valence-electron chi connectivity index (χ3n) is 3.79. The van der Waals surface area contributed by atoms with E-state index >= 15 is 0 Å². The molecule has 0 aliphatic rings. The van der Waals surface area contributed by atoms with E-state index in [0.29, 0.717) is 6.61 Å². The Labute approximate surface area is 159 Å². The number of anilines is 3. The molecule has 140 valence electrons. The van der Waals surface area contributed by atoms with Gasteiger partial charge < -0.3 is 10.1 Å². The number of hydrogen-bond donors (Lipinski definition) is 2. The Kier molecular flexibility index (Phi) is 5.61. The number of benzene rings is 2. The van der Waals surface area contributed by atoms with E-state index in [9.17, 15) is 8.42 Å². The highest BCUT2D eigenvalue weighted by Gasteiger charge is 2.14. The van der Waals surface area contributed by atoms with Crippen LogP contribution in [-0.2, 0) is 10.0 Å². The molecule has 7 heteroatoms. The Bertz CT molecular complexity index is 984. The number of ether oxygens (including phenoxy) is 1. The molecule has 27 heavy (non-hydrogen) atoms. The van der Waals surface area contributed by atoms with E-state index < -0.39 is 10.0 Å². The number of sulfonamides is 1. The van der Waals surface area contributed by atoms with Gasteiger partial charge in [-0.2, -0.15) is 0 Å². The predicted octanol–water partition coefficient (Wildman–Crippen LogP) is 4.33. The number of pyridine rings is 1. The van der Waals surface area contributed by atoms with Crippen molar-refractivity contribution in [2.24, 2.45) is 0 Å². The van der Waals surface area contributed by atoms with Crippen LogP contribution in [0.4, 0.5) is 17.2 Å². The monoisotopic (exact) mass is 383 g/mol.